The predicted octanol–water partition coefficient (Wildman–Crippen LogP) is 0.490. The van der Waals surface area contributed by atoms with E-state index < -0.39 is 107 Å². The van der Waals surface area contributed by atoms with Crippen molar-refractivity contribution in [3.63, 3.8) is 0 Å². The molecule has 20 nitrogen and oxygen atoms in total. The number of hydrogen-bond acceptors (Lipinski definition) is 12. The van der Waals surface area contributed by atoms with Crippen molar-refractivity contribution in [3.8, 4) is 5.75 Å². The normalized spacial score (nSPS) is 14.2. The highest BCUT2D eigenvalue weighted by molar-refractivity contribution is 5.96. The second-order valence-corrected chi connectivity index (χ2v) is 15.2. The standard InChI is InChI=1S/C39H57N9O11/c1-20(2)15-28(42-19-25-9-7-8-10-26(25)40)37(55)47-29(16-21(3)4)38(56)44-22(5)35(53)43-23(6)36(54)46-30(17-24-11-13-32(49)31(18-24)48(58)59)39(57)45-27(34(41)52)12-14-33(50)51/h7-11,13,18,20-23,27-30,42,49H,12,14-17,19,40H2,1-6H3,(H2,41,52)(H,43,53)(H,44,56)(H,45,57)(H,46,54)(H,47,55)(H,50,51)/t22-,23-,27-,28-,29-,30-/m0/s1. The Morgan fingerprint density at radius 2 is 1.22 bits per heavy atom. The summed E-state index contributed by atoms with van der Waals surface area (Å²) in [6, 6.07) is 3.25. The lowest BCUT2D eigenvalue weighted by molar-refractivity contribution is -0.385. The number of primary amides is 1. The first-order chi connectivity index (χ1) is 27.6. The fourth-order valence-electron chi connectivity index (χ4n) is 5.85. The Kier molecular flexibility index (Phi) is 19.2. The van der Waals surface area contributed by atoms with Gasteiger partial charge in [0.15, 0.2) is 5.75 Å². The van der Waals surface area contributed by atoms with Crippen LogP contribution in [-0.4, -0.2) is 92.8 Å². The number of phenolic OH excluding ortho intramolecular Hbond substituents is 1. The van der Waals surface area contributed by atoms with Crippen molar-refractivity contribution in [1.29, 1.82) is 0 Å². The number of anilines is 1. The molecule has 0 radical (unpaired) electrons. The van der Waals surface area contributed by atoms with Gasteiger partial charge in [0.25, 0.3) is 0 Å². The van der Waals surface area contributed by atoms with Crippen LogP contribution in [0.2, 0.25) is 0 Å². The highest BCUT2D eigenvalue weighted by atomic mass is 16.6. The van der Waals surface area contributed by atoms with Gasteiger partial charge in [-0.05, 0) is 68.2 Å². The number of carbonyl (C=O) groups excluding carboxylic acids is 6. The maximum atomic E-state index is 13.6. The van der Waals surface area contributed by atoms with E-state index in [1.165, 1.54) is 19.9 Å². The van der Waals surface area contributed by atoms with Crippen molar-refractivity contribution in [2.45, 2.75) is 116 Å². The Bertz CT molecular complexity index is 1840. The smallest absolute Gasteiger partial charge is 0.310 e. The summed E-state index contributed by atoms with van der Waals surface area (Å²) in [6.07, 6.45) is -0.615. The first-order valence-corrected chi connectivity index (χ1v) is 19.1. The summed E-state index contributed by atoms with van der Waals surface area (Å²) in [5.41, 5.74) is 12.2. The van der Waals surface area contributed by atoms with Crippen molar-refractivity contribution < 1.29 is 48.7 Å². The molecule has 0 aliphatic heterocycles. The number of nitro groups is 1. The molecule has 324 valence electrons. The van der Waals surface area contributed by atoms with Crippen molar-refractivity contribution in [2.24, 2.45) is 17.6 Å². The van der Waals surface area contributed by atoms with Crippen molar-refractivity contribution in [2.75, 3.05) is 5.73 Å². The highest BCUT2D eigenvalue weighted by Gasteiger charge is 2.32. The Morgan fingerprint density at radius 1 is 0.712 bits per heavy atom. The summed E-state index contributed by atoms with van der Waals surface area (Å²) in [4.78, 5) is 101. The van der Waals surface area contributed by atoms with Gasteiger partial charge in [-0.25, -0.2) is 0 Å². The van der Waals surface area contributed by atoms with E-state index in [1.807, 2.05) is 39.8 Å². The molecule has 12 N–H and O–H groups in total. The third-order valence-electron chi connectivity index (χ3n) is 9.08. The SMILES string of the molecule is CC(C)C[C@H](NCc1ccccc1N)C(=O)N[C@@H](CC(C)C)C(=O)N[C@@H](C)C(=O)N[C@@H](C)C(=O)N[C@@H](Cc1ccc(O)c([N+](=O)[O-])c1)C(=O)N[C@@H](CCC(=O)O)C(N)=O. The molecule has 2 aromatic carbocycles. The Labute approximate surface area is 342 Å². The number of nitrogens with zero attached hydrogens (tertiary/aromatic N) is 1. The largest absolute Gasteiger partial charge is 0.502 e. The van der Waals surface area contributed by atoms with Crippen LogP contribution >= 0.6 is 0 Å². The first-order valence-electron chi connectivity index (χ1n) is 19.1. The number of carboxylic acids is 1. The van der Waals surface area contributed by atoms with Gasteiger partial charge in [-0.1, -0.05) is 52.0 Å². The number of para-hydroxylation sites is 1. The van der Waals surface area contributed by atoms with Gasteiger partial charge in [-0.3, -0.25) is 43.7 Å². The summed E-state index contributed by atoms with van der Waals surface area (Å²) in [6.45, 7) is 10.6. The maximum absolute atomic E-state index is 13.6. The number of benzene rings is 2. The lowest BCUT2D eigenvalue weighted by Gasteiger charge is -2.27. The predicted molar refractivity (Wildman–Crippen MR) is 216 cm³/mol. The summed E-state index contributed by atoms with van der Waals surface area (Å²) in [5.74, 6) is -6.67. The van der Waals surface area contributed by atoms with Crippen LogP contribution in [0, 0.1) is 22.0 Å². The molecule has 0 aliphatic carbocycles. The second kappa shape index (κ2) is 23.2. The zero-order valence-electron chi connectivity index (χ0n) is 34.1. The van der Waals surface area contributed by atoms with Gasteiger partial charge >= 0.3 is 11.7 Å². The monoisotopic (exact) mass is 827 g/mol. The van der Waals surface area contributed by atoms with E-state index in [4.69, 9.17) is 16.6 Å². The molecule has 2 rings (SSSR count). The van der Waals surface area contributed by atoms with E-state index in [9.17, 15) is 48.8 Å². The first kappa shape index (κ1) is 48.8. The Balaban J connectivity index is 2.19. The molecule has 20 heteroatoms. The molecule has 0 aromatic heterocycles. The van der Waals surface area contributed by atoms with Crippen molar-refractivity contribution >= 4 is 52.8 Å². The van der Waals surface area contributed by atoms with Gasteiger partial charge in [0.2, 0.25) is 35.4 Å². The van der Waals surface area contributed by atoms with Gasteiger partial charge in [0.1, 0.15) is 30.2 Å². The van der Waals surface area contributed by atoms with Crippen LogP contribution in [0.1, 0.15) is 78.4 Å². The summed E-state index contributed by atoms with van der Waals surface area (Å²) in [7, 11) is 0. The number of aromatic hydroxyl groups is 1. The molecule has 0 spiro atoms. The number of hydrogen-bond donors (Lipinski definition) is 10. The summed E-state index contributed by atoms with van der Waals surface area (Å²) < 4.78 is 0. The Morgan fingerprint density at radius 3 is 1.78 bits per heavy atom. The number of aliphatic carboxylic acids is 1. The number of rotatable bonds is 24. The number of phenols is 1. The topological polar surface area (TPSA) is 327 Å². The zero-order chi connectivity index (χ0) is 44.6. The molecule has 0 bridgehead atoms. The quantitative estimate of drug-likeness (QED) is 0.0392. The number of nitro benzene ring substituents is 1. The molecule has 0 fully saturated rings. The third kappa shape index (κ3) is 16.6. The maximum Gasteiger partial charge on any atom is 0.310 e. The third-order valence-corrected chi connectivity index (χ3v) is 9.08. The van der Waals surface area contributed by atoms with Gasteiger partial charge in [-0.2, -0.15) is 0 Å². The average molecular weight is 828 g/mol. The van der Waals surface area contributed by atoms with Crippen LogP contribution in [0.3, 0.4) is 0 Å². The van der Waals surface area contributed by atoms with Crippen LogP contribution in [0.15, 0.2) is 42.5 Å². The molecular formula is C39H57N9O11. The fourth-order valence-corrected chi connectivity index (χ4v) is 5.85. The van der Waals surface area contributed by atoms with Gasteiger partial charge in [-0.15, -0.1) is 0 Å². The number of carbonyl (C=O) groups is 7. The zero-order valence-corrected chi connectivity index (χ0v) is 34.1. The van der Waals surface area contributed by atoms with E-state index in [2.05, 4.69) is 31.9 Å². The molecule has 6 amide bonds. The molecule has 0 heterocycles. The minimum absolute atomic E-state index is 0.0344. The lowest BCUT2D eigenvalue weighted by atomic mass is 9.99. The molecule has 6 atom stereocenters. The van der Waals surface area contributed by atoms with E-state index in [-0.39, 0.29) is 30.2 Å². The molecule has 0 saturated heterocycles. The second-order valence-electron chi connectivity index (χ2n) is 15.2. The number of amides is 6. The van der Waals surface area contributed by atoms with Crippen LogP contribution in [-0.2, 0) is 46.5 Å². The number of nitrogens with two attached hydrogens (primary N) is 2. The molecular weight excluding hydrogens is 770 g/mol. The van der Waals surface area contributed by atoms with Gasteiger partial charge < -0.3 is 53.6 Å². The van der Waals surface area contributed by atoms with Crippen LogP contribution in [0.25, 0.3) is 0 Å². The Hall–Kier alpha value is -6.31. The molecule has 0 aliphatic rings. The van der Waals surface area contributed by atoms with Crippen LogP contribution in [0.4, 0.5) is 11.4 Å². The summed E-state index contributed by atoms with van der Waals surface area (Å²) in [5, 5.41) is 46.1. The molecule has 0 unspecified atom stereocenters. The van der Waals surface area contributed by atoms with E-state index in [0.717, 1.165) is 17.7 Å². The van der Waals surface area contributed by atoms with Crippen molar-refractivity contribution in [1.82, 2.24) is 31.9 Å². The van der Waals surface area contributed by atoms with Crippen LogP contribution < -0.4 is 43.4 Å². The molecule has 0 saturated carbocycles. The van der Waals surface area contributed by atoms with Gasteiger partial charge in [0.05, 0.1) is 11.0 Å². The van der Waals surface area contributed by atoms with E-state index in [0.29, 0.717) is 18.7 Å². The highest BCUT2D eigenvalue weighted by Crippen LogP contribution is 2.27. The number of nitrogen functional groups attached to an aromatic ring is 1. The lowest BCUT2D eigenvalue weighted by Crippen LogP contribution is -2.59. The minimum Gasteiger partial charge on any atom is -0.502 e. The molecule has 59 heavy (non-hydrogen) atoms. The average Bonchev–Trinajstić information content (AvgIpc) is 3.14. The fraction of sp³-hybridized carbons (Fsp3) is 0.513. The minimum atomic E-state index is -1.55. The number of carboxylic acid groups (broad SMARTS) is 1. The van der Waals surface area contributed by atoms with Crippen molar-refractivity contribution in [3.05, 3.63) is 63.7 Å². The van der Waals surface area contributed by atoms with E-state index >= 15 is 0 Å². The van der Waals surface area contributed by atoms with Gasteiger partial charge in [0, 0.05) is 31.1 Å². The molecule has 2 aromatic rings. The summed E-state index contributed by atoms with van der Waals surface area (Å²) >= 11 is 0. The van der Waals surface area contributed by atoms with Crippen LogP contribution in [0.5, 0.6) is 5.75 Å². The van der Waals surface area contributed by atoms with E-state index in [1.54, 1.807) is 12.1 Å². The number of nitrogens with one attached hydrogen (secondary N) is 6.